The first-order valence-electron chi connectivity index (χ1n) is 4.89. The number of aryl methyl sites for hydroxylation is 2. The zero-order valence-corrected chi connectivity index (χ0v) is 11.2. The Morgan fingerprint density at radius 1 is 1.31 bits per heavy atom. The van der Waals surface area contributed by atoms with Gasteiger partial charge >= 0.3 is 0 Å². The standard InChI is InChI=1S/C12H11IN2O/c1-8-3-11(13)4-9(2)12(8)15-6-10(7-16)5-14-15/h3-7H,1-2H3. The SMILES string of the molecule is Cc1cc(I)cc(C)c1-n1cc(C=O)cn1. The number of carbonyl (C=O) groups excluding carboxylic acids is 1. The van der Waals surface area contributed by atoms with E-state index in [2.05, 4.69) is 39.8 Å². The second-order valence-electron chi connectivity index (χ2n) is 3.72. The quantitative estimate of drug-likeness (QED) is 0.628. The van der Waals surface area contributed by atoms with E-state index in [-0.39, 0.29) is 0 Å². The number of aromatic nitrogens is 2. The molecule has 1 aromatic carbocycles. The van der Waals surface area contributed by atoms with Crippen LogP contribution in [0.3, 0.4) is 0 Å². The van der Waals surface area contributed by atoms with Crippen molar-refractivity contribution in [1.82, 2.24) is 9.78 Å². The summed E-state index contributed by atoms with van der Waals surface area (Å²) in [7, 11) is 0. The molecule has 0 amide bonds. The van der Waals surface area contributed by atoms with Crippen molar-refractivity contribution < 1.29 is 4.79 Å². The van der Waals surface area contributed by atoms with Crippen LogP contribution in [-0.2, 0) is 0 Å². The van der Waals surface area contributed by atoms with E-state index in [1.165, 1.54) is 3.57 Å². The molecule has 3 nitrogen and oxygen atoms in total. The average molecular weight is 326 g/mol. The first-order valence-corrected chi connectivity index (χ1v) is 5.96. The molecule has 2 aromatic rings. The van der Waals surface area contributed by atoms with E-state index in [1.54, 1.807) is 17.1 Å². The highest BCUT2D eigenvalue weighted by molar-refractivity contribution is 14.1. The zero-order valence-electron chi connectivity index (χ0n) is 9.07. The minimum absolute atomic E-state index is 0.595. The Kier molecular flexibility index (Phi) is 3.09. The second-order valence-corrected chi connectivity index (χ2v) is 4.97. The third-order valence-corrected chi connectivity index (χ3v) is 3.05. The molecule has 0 aliphatic rings. The summed E-state index contributed by atoms with van der Waals surface area (Å²) in [6.45, 7) is 4.10. The Hall–Kier alpha value is -1.17. The van der Waals surface area contributed by atoms with Gasteiger partial charge in [0.15, 0.2) is 6.29 Å². The van der Waals surface area contributed by atoms with Crippen LogP contribution < -0.4 is 0 Å². The summed E-state index contributed by atoms with van der Waals surface area (Å²) in [6, 6.07) is 4.20. The highest BCUT2D eigenvalue weighted by Gasteiger charge is 2.07. The smallest absolute Gasteiger partial charge is 0.153 e. The second kappa shape index (κ2) is 4.37. The van der Waals surface area contributed by atoms with Crippen molar-refractivity contribution >= 4 is 28.9 Å². The van der Waals surface area contributed by atoms with Gasteiger partial charge in [-0.3, -0.25) is 4.79 Å². The van der Waals surface area contributed by atoms with Gasteiger partial charge in [-0.15, -0.1) is 0 Å². The molecule has 0 N–H and O–H groups in total. The molecule has 0 saturated heterocycles. The summed E-state index contributed by atoms with van der Waals surface area (Å²) in [5.74, 6) is 0. The number of benzene rings is 1. The number of rotatable bonds is 2. The summed E-state index contributed by atoms with van der Waals surface area (Å²) in [6.07, 6.45) is 4.12. The van der Waals surface area contributed by atoms with E-state index in [1.807, 2.05) is 13.8 Å². The zero-order chi connectivity index (χ0) is 11.7. The Balaban J connectivity index is 2.59. The van der Waals surface area contributed by atoms with Crippen molar-refractivity contribution in [2.75, 3.05) is 0 Å². The van der Waals surface area contributed by atoms with Gasteiger partial charge in [0.25, 0.3) is 0 Å². The van der Waals surface area contributed by atoms with Crippen molar-refractivity contribution in [3.05, 3.63) is 44.8 Å². The lowest BCUT2D eigenvalue weighted by molar-refractivity contribution is 0.112. The van der Waals surface area contributed by atoms with Gasteiger partial charge in [-0.1, -0.05) is 0 Å². The van der Waals surface area contributed by atoms with Crippen LogP contribution >= 0.6 is 22.6 Å². The molecule has 0 saturated carbocycles. The molecule has 0 unspecified atom stereocenters. The predicted molar refractivity (Wildman–Crippen MR) is 71.1 cm³/mol. The van der Waals surface area contributed by atoms with E-state index in [9.17, 15) is 4.79 Å². The summed E-state index contributed by atoms with van der Waals surface area (Å²) < 4.78 is 2.96. The van der Waals surface area contributed by atoms with Gasteiger partial charge in [0.2, 0.25) is 0 Å². The van der Waals surface area contributed by atoms with Gasteiger partial charge in [0.1, 0.15) is 0 Å². The maximum atomic E-state index is 10.6. The number of aldehydes is 1. The highest BCUT2D eigenvalue weighted by atomic mass is 127. The molecule has 0 fully saturated rings. The molecule has 0 atom stereocenters. The van der Waals surface area contributed by atoms with Gasteiger partial charge in [-0.05, 0) is 59.7 Å². The lowest BCUT2D eigenvalue weighted by Crippen LogP contribution is -2.01. The van der Waals surface area contributed by atoms with Crippen LogP contribution in [0.2, 0.25) is 0 Å². The number of hydrogen-bond donors (Lipinski definition) is 0. The van der Waals surface area contributed by atoms with Crippen molar-refractivity contribution in [2.45, 2.75) is 13.8 Å². The van der Waals surface area contributed by atoms with Gasteiger partial charge in [-0.25, -0.2) is 4.68 Å². The van der Waals surface area contributed by atoms with Crippen LogP contribution in [0.25, 0.3) is 5.69 Å². The average Bonchev–Trinajstić information content (AvgIpc) is 2.64. The Labute approximate surface area is 108 Å². The number of carbonyl (C=O) groups is 1. The van der Waals surface area contributed by atoms with Crippen LogP contribution in [0.4, 0.5) is 0 Å². The fourth-order valence-electron chi connectivity index (χ4n) is 1.78. The molecule has 0 radical (unpaired) electrons. The number of hydrogen-bond acceptors (Lipinski definition) is 2. The summed E-state index contributed by atoms with van der Waals surface area (Å²) >= 11 is 2.29. The fraction of sp³-hybridized carbons (Fsp3) is 0.167. The third-order valence-electron chi connectivity index (χ3n) is 2.42. The highest BCUT2D eigenvalue weighted by Crippen LogP contribution is 2.21. The monoisotopic (exact) mass is 326 g/mol. The van der Waals surface area contributed by atoms with Crippen molar-refractivity contribution in [3.8, 4) is 5.69 Å². The van der Waals surface area contributed by atoms with E-state index >= 15 is 0 Å². The van der Waals surface area contributed by atoms with Crippen LogP contribution in [0.15, 0.2) is 24.5 Å². The van der Waals surface area contributed by atoms with Crippen LogP contribution in [0.5, 0.6) is 0 Å². The van der Waals surface area contributed by atoms with Crippen molar-refractivity contribution in [2.24, 2.45) is 0 Å². The van der Waals surface area contributed by atoms with Crippen molar-refractivity contribution in [3.63, 3.8) is 0 Å². The molecule has 0 aliphatic heterocycles. The van der Waals surface area contributed by atoms with Gasteiger partial charge in [-0.2, -0.15) is 5.10 Å². The van der Waals surface area contributed by atoms with Crippen LogP contribution in [0.1, 0.15) is 21.5 Å². The molecule has 4 heteroatoms. The number of halogens is 1. The predicted octanol–water partition coefficient (Wildman–Crippen LogP) is 2.91. The molecule has 1 aromatic heterocycles. The van der Waals surface area contributed by atoms with Gasteiger partial charge in [0.05, 0.1) is 17.4 Å². The largest absolute Gasteiger partial charge is 0.298 e. The Bertz CT molecular complexity index is 523. The first kappa shape index (κ1) is 11.3. The Morgan fingerprint density at radius 3 is 2.44 bits per heavy atom. The van der Waals surface area contributed by atoms with E-state index in [4.69, 9.17) is 0 Å². The minimum Gasteiger partial charge on any atom is -0.298 e. The molecule has 82 valence electrons. The molecule has 16 heavy (non-hydrogen) atoms. The lowest BCUT2D eigenvalue weighted by Gasteiger charge is -2.10. The van der Waals surface area contributed by atoms with Gasteiger partial charge in [0, 0.05) is 9.77 Å². The molecule has 0 bridgehead atoms. The fourth-order valence-corrected chi connectivity index (χ4v) is 2.72. The van der Waals surface area contributed by atoms with E-state index < -0.39 is 0 Å². The summed E-state index contributed by atoms with van der Waals surface area (Å²) in [4.78, 5) is 10.6. The van der Waals surface area contributed by atoms with E-state index in [0.717, 1.165) is 23.1 Å². The maximum Gasteiger partial charge on any atom is 0.153 e. The molecular formula is C12H11IN2O. The Morgan fingerprint density at radius 2 is 1.94 bits per heavy atom. The third kappa shape index (κ3) is 2.02. The molecule has 2 rings (SSSR count). The summed E-state index contributed by atoms with van der Waals surface area (Å²) in [5.41, 5.74) is 3.96. The van der Waals surface area contributed by atoms with Crippen LogP contribution in [-0.4, -0.2) is 16.1 Å². The molecule has 1 heterocycles. The lowest BCUT2D eigenvalue weighted by atomic mass is 10.1. The first-order chi connectivity index (χ1) is 7.61. The van der Waals surface area contributed by atoms with E-state index in [0.29, 0.717) is 5.56 Å². The van der Waals surface area contributed by atoms with Crippen molar-refractivity contribution in [1.29, 1.82) is 0 Å². The normalized spacial score (nSPS) is 10.4. The molecular weight excluding hydrogens is 315 g/mol. The van der Waals surface area contributed by atoms with Gasteiger partial charge < -0.3 is 0 Å². The van der Waals surface area contributed by atoms with Crippen LogP contribution in [0, 0.1) is 17.4 Å². The molecule has 0 spiro atoms. The summed E-state index contributed by atoms with van der Waals surface area (Å²) in [5, 5.41) is 4.19. The maximum absolute atomic E-state index is 10.6. The molecule has 0 aliphatic carbocycles. The topological polar surface area (TPSA) is 34.9 Å². The minimum atomic E-state index is 0.595. The number of nitrogens with zero attached hydrogens (tertiary/aromatic N) is 2.